The van der Waals surface area contributed by atoms with E-state index in [1.54, 1.807) is 0 Å². The standard InChI is InChI=1S/C16H27N3O/c1-15(2)10-13(4-9-20-15)19-12-18-11-14(19)16(3)5-7-17-8-6-16/h11-13,17H,4-10H2,1-3H3. The van der Waals surface area contributed by atoms with Gasteiger partial charge in [0.2, 0.25) is 0 Å². The Labute approximate surface area is 121 Å². The van der Waals surface area contributed by atoms with Crippen molar-refractivity contribution in [3.8, 4) is 0 Å². The number of hydrogen-bond acceptors (Lipinski definition) is 3. The van der Waals surface area contributed by atoms with Gasteiger partial charge in [-0.1, -0.05) is 6.92 Å². The number of imidazole rings is 1. The van der Waals surface area contributed by atoms with E-state index in [-0.39, 0.29) is 11.0 Å². The van der Waals surface area contributed by atoms with Gasteiger partial charge in [-0.05, 0) is 52.6 Å². The fourth-order valence-electron chi connectivity index (χ4n) is 3.73. The largest absolute Gasteiger partial charge is 0.375 e. The Morgan fingerprint density at radius 1 is 1.30 bits per heavy atom. The van der Waals surface area contributed by atoms with Gasteiger partial charge in [0, 0.05) is 30.0 Å². The van der Waals surface area contributed by atoms with E-state index < -0.39 is 0 Å². The van der Waals surface area contributed by atoms with Crippen LogP contribution in [0.5, 0.6) is 0 Å². The lowest BCUT2D eigenvalue weighted by Gasteiger charge is -2.40. The van der Waals surface area contributed by atoms with E-state index in [0.29, 0.717) is 6.04 Å². The van der Waals surface area contributed by atoms with Crippen molar-refractivity contribution >= 4 is 0 Å². The summed E-state index contributed by atoms with van der Waals surface area (Å²) in [6.07, 6.45) is 8.70. The zero-order valence-electron chi connectivity index (χ0n) is 13.0. The molecule has 1 unspecified atom stereocenters. The van der Waals surface area contributed by atoms with Crippen molar-refractivity contribution in [2.24, 2.45) is 0 Å². The van der Waals surface area contributed by atoms with Crippen molar-refractivity contribution in [1.29, 1.82) is 0 Å². The van der Waals surface area contributed by atoms with Crippen LogP contribution in [0.3, 0.4) is 0 Å². The number of rotatable bonds is 2. The monoisotopic (exact) mass is 277 g/mol. The first-order chi connectivity index (χ1) is 9.50. The van der Waals surface area contributed by atoms with Crippen molar-refractivity contribution in [1.82, 2.24) is 14.9 Å². The third-order valence-electron chi connectivity index (χ3n) is 5.06. The topological polar surface area (TPSA) is 39.1 Å². The first kappa shape index (κ1) is 14.1. The zero-order chi connectivity index (χ0) is 14.2. The number of piperidine rings is 1. The molecule has 0 aliphatic carbocycles. The van der Waals surface area contributed by atoms with Gasteiger partial charge < -0.3 is 14.6 Å². The van der Waals surface area contributed by atoms with Gasteiger partial charge in [0.05, 0.1) is 11.9 Å². The molecule has 1 N–H and O–H groups in total. The van der Waals surface area contributed by atoms with Gasteiger partial charge in [-0.3, -0.25) is 0 Å². The molecule has 0 saturated carbocycles. The lowest BCUT2D eigenvalue weighted by molar-refractivity contribution is -0.0698. The van der Waals surface area contributed by atoms with Crippen LogP contribution < -0.4 is 5.32 Å². The summed E-state index contributed by atoms with van der Waals surface area (Å²) in [6, 6.07) is 0.531. The van der Waals surface area contributed by atoms with E-state index in [9.17, 15) is 0 Å². The Kier molecular flexibility index (Phi) is 3.63. The van der Waals surface area contributed by atoms with Gasteiger partial charge in [-0.2, -0.15) is 0 Å². The first-order valence-corrected chi connectivity index (χ1v) is 7.87. The molecule has 3 heterocycles. The molecule has 2 aliphatic rings. The fraction of sp³-hybridized carbons (Fsp3) is 0.812. The van der Waals surface area contributed by atoms with E-state index in [4.69, 9.17) is 4.74 Å². The maximum Gasteiger partial charge on any atom is 0.0951 e. The Bertz CT molecular complexity index is 460. The molecule has 112 valence electrons. The second-order valence-electron chi connectivity index (χ2n) is 7.25. The van der Waals surface area contributed by atoms with E-state index in [0.717, 1.165) is 32.5 Å². The summed E-state index contributed by atoms with van der Waals surface area (Å²) in [5.74, 6) is 0. The van der Waals surface area contributed by atoms with Gasteiger partial charge in [0.1, 0.15) is 0 Å². The lowest BCUT2D eigenvalue weighted by Crippen LogP contribution is -2.41. The van der Waals surface area contributed by atoms with Crippen LogP contribution in [0.1, 0.15) is 58.2 Å². The van der Waals surface area contributed by atoms with Crippen molar-refractivity contribution < 1.29 is 4.74 Å². The maximum absolute atomic E-state index is 5.86. The molecule has 4 nitrogen and oxygen atoms in total. The molecule has 0 amide bonds. The summed E-state index contributed by atoms with van der Waals surface area (Å²) in [7, 11) is 0. The Morgan fingerprint density at radius 3 is 2.75 bits per heavy atom. The number of aromatic nitrogens is 2. The van der Waals surface area contributed by atoms with Crippen LogP contribution in [0, 0.1) is 0 Å². The summed E-state index contributed by atoms with van der Waals surface area (Å²) in [5.41, 5.74) is 1.67. The minimum absolute atomic E-state index is 0.0144. The highest BCUT2D eigenvalue weighted by atomic mass is 16.5. The van der Waals surface area contributed by atoms with Gasteiger partial charge in [-0.25, -0.2) is 4.98 Å². The molecule has 0 radical (unpaired) electrons. The van der Waals surface area contributed by atoms with Crippen molar-refractivity contribution in [3.63, 3.8) is 0 Å². The number of nitrogens with one attached hydrogen (secondary N) is 1. The molecule has 2 fully saturated rings. The van der Waals surface area contributed by atoms with Crippen LogP contribution >= 0.6 is 0 Å². The molecule has 1 aromatic rings. The molecule has 0 bridgehead atoms. The van der Waals surface area contributed by atoms with Crippen molar-refractivity contribution in [2.45, 2.75) is 63.5 Å². The van der Waals surface area contributed by atoms with Crippen molar-refractivity contribution in [3.05, 3.63) is 18.2 Å². The van der Waals surface area contributed by atoms with Crippen LogP contribution in [-0.2, 0) is 10.2 Å². The quantitative estimate of drug-likeness (QED) is 0.903. The molecule has 20 heavy (non-hydrogen) atoms. The summed E-state index contributed by atoms with van der Waals surface area (Å²) in [6.45, 7) is 9.87. The number of nitrogens with zero attached hydrogens (tertiary/aromatic N) is 2. The van der Waals surface area contributed by atoms with E-state index in [1.807, 2.05) is 6.33 Å². The van der Waals surface area contributed by atoms with Gasteiger partial charge in [-0.15, -0.1) is 0 Å². The Morgan fingerprint density at radius 2 is 2.05 bits per heavy atom. The predicted molar refractivity (Wildman–Crippen MR) is 80.0 cm³/mol. The van der Waals surface area contributed by atoms with E-state index in [1.165, 1.54) is 18.5 Å². The Balaban J connectivity index is 1.86. The lowest BCUT2D eigenvalue weighted by atomic mass is 9.78. The van der Waals surface area contributed by atoms with Gasteiger partial charge in [0.25, 0.3) is 0 Å². The highest BCUT2D eigenvalue weighted by molar-refractivity contribution is 5.16. The van der Waals surface area contributed by atoms with Crippen LogP contribution in [0.2, 0.25) is 0 Å². The molecule has 3 rings (SSSR count). The second kappa shape index (κ2) is 5.15. The van der Waals surface area contributed by atoms with Crippen LogP contribution in [-0.4, -0.2) is 34.8 Å². The summed E-state index contributed by atoms with van der Waals surface area (Å²) >= 11 is 0. The van der Waals surface area contributed by atoms with Crippen LogP contribution in [0.15, 0.2) is 12.5 Å². The first-order valence-electron chi connectivity index (χ1n) is 7.87. The minimum Gasteiger partial charge on any atom is -0.375 e. The number of hydrogen-bond donors (Lipinski definition) is 1. The SMILES string of the molecule is CC1(C)CC(n2cncc2C2(C)CCNCC2)CCO1. The van der Waals surface area contributed by atoms with Crippen LogP contribution in [0.4, 0.5) is 0 Å². The Hall–Kier alpha value is -0.870. The molecular formula is C16H27N3O. The molecule has 0 spiro atoms. The third kappa shape index (κ3) is 2.63. The number of ether oxygens (including phenoxy) is 1. The molecule has 0 aromatic carbocycles. The predicted octanol–water partition coefficient (Wildman–Crippen LogP) is 2.65. The average Bonchev–Trinajstić information content (AvgIpc) is 2.88. The van der Waals surface area contributed by atoms with Gasteiger partial charge >= 0.3 is 0 Å². The normalized spacial score (nSPS) is 29.2. The molecule has 4 heteroatoms. The molecule has 1 atom stereocenters. The minimum atomic E-state index is -0.0144. The van der Waals surface area contributed by atoms with E-state index in [2.05, 4.69) is 41.8 Å². The summed E-state index contributed by atoms with van der Waals surface area (Å²) < 4.78 is 8.30. The summed E-state index contributed by atoms with van der Waals surface area (Å²) in [5, 5.41) is 3.46. The highest BCUT2D eigenvalue weighted by Crippen LogP contribution is 2.38. The van der Waals surface area contributed by atoms with E-state index >= 15 is 0 Å². The van der Waals surface area contributed by atoms with Crippen molar-refractivity contribution in [2.75, 3.05) is 19.7 Å². The van der Waals surface area contributed by atoms with Crippen LogP contribution in [0.25, 0.3) is 0 Å². The third-order valence-corrected chi connectivity index (χ3v) is 5.06. The van der Waals surface area contributed by atoms with Gasteiger partial charge in [0.15, 0.2) is 0 Å². The smallest absolute Gasteiger partial charge is 0.0951 e. The average molecular weight is 277 g/mol. The summed E-state index contributed by atoms with van der Waals surface area (Å²) in [4.78, 5) is 4.47. The molecule has 1 aromatic heterocycles. The molecular weight excluding hydrogens is 250 g/mol. The highest BCUT2D eigenvalue weighted by Gasteiger charge is 2.36. The molecule has 2 aliphatic heterocycles. The fourth-order valence-corrected chi connectivity index (χ4v) is 3.73. The zero-order valence-corrected chi connectivity index (χ0v) is 13.0. The molecule has 2 saturated heterocycles. The maximum atomic E-state index is 5.86. The second-order valence-corrected chi connectivity index (χ2v) is 7.25.